The topological polar surface area (TPSA) is 55.5 Å². The van der Waals surface area contributed by atoms with Crippen molar-refractivity contribution in [2.75, 3.05) is 0 Å². The summed E-state index contributed by atoms with van der Waals surface area (Å²) in [7, 11) is 0. The van der Waals surface area contributed by atoms with Crippen LogP contribution in [0.1, 0.15) is 29.7 Å². The molecule has 0 aromatic heterocycles. The standard InChI is InChI=1S/C24H26ClNO2/c1-17(23(26)24(27)20-11-7-12-21(25)15-20)14-19-10-5-6-13-22(19)28-16-18-8-3-2-4-9-18/h2-13,15,17,23-24,27H,14,16,26H2,1H3. The van der Waals surface area contributed by atoms with Crippen LogP contribution in [0, 0.1) is 5.92 Å². The number of benzene rings is 3. The molecule has 0 fully saturated rings. The van der Waals surface area contributed by atoms with Gasteiger partial charge in [0.2, 0.25) is 0 Å². The van der Waals surface area contributed by atoms with Gasteiger partial charge >= 0.3 is 0 Å². The lowest BCUT2D eigenvalue weighted by atomic mass is 9.88. The summed E-state index contributed by atoms with van der Waals surface area (Å²) in [5.41, 5.74) is 9.31. The average Bonchev–Trinajstić information content (AvgIpc) is 2.72. The zero-order valence-corrected chi connectivity index (χ0v) is 16.7. The minimum absolute atomic E-state index is 0.0513. The van der Waals surface area contributed by atoms with Gasteiger partial charge in [-0.3, -0.25) is 0 Å². The monoisotopic (exact) mass is 395 g/mol. The van der Waals surface area contributed by atoms with E-state index in [1.54, 1.807) is 12.1 Å². The number of hydrogen-bond donors (Lipinski definition) is 2. The van der Waals surface area contributed by atoms with E-state index in [2.05, 4.69) is 6.07 Å². The number of nitrogens with two attached hydrogens (primary N) is 1. The summed E-state index contributed by atoms with van der Waals surface area (Å²) in [6.45, 7) is 2.57. The molecule has 3 atom stereocenters. The minimum atomic E-state index is -0.772. The lowest BCUT2D eigenvalue weighted by Crippen LogP contribution is -2.36. The normalized spacial score (nSPS) is 14.3. The molecular formula is C24H26ClNO2. The van der Waals surface area contributed by atoms with Crippen LogP contribution in [-0.2, 0) is 13.0 Å². The number of rotatable bonds is 8. The maximum Gasteiger partial charge on any atom is 0.123 e. The summed E-state index contributed by atoms with van der Waals surface area (Å²) in [6.07, 6.45) is -0.0601. The zero-order valence-electron chi connectivity index (χ0n) is 16.0. The Morgan fingerprint density at radius 2 is 1.68 bits per heavy atom. The fraction of sp³-hybridized carbons (Fsp3) is 0.250. The van der Waals surface area contributed by atoms with Gasteiger partial charge in [0.25, 0.3) is 0 Å². The third-order valence-corrected chi connectivity index (χ3v) is 5.20. The van der Waals surface area contributed by atoms with Crippen molar-refractivity contribution in [1.29, 1.82) is 0 Å². The highest BCUT2D eigenvalue weighted by Gasteiger charge is 2.24. The Morgan fingerprint density at radius 1 is 0.964 bits per heavy atom. The van der Waals surface area contributed by atoms with E-state index >= 15 is 0 Å². The van der Waals surface area contributed by atoms with Crippen molar-refractivity contribution in [3.8, 4) is 5.75 Å². The van der Waals surface area contributed by atoms with E-state index in [9.17, 15) is 5.11 Å². The van der Waals surface area contributed by atoms with Crippen LogP contribution in [0.3, 0.4) is 0 Å². The Morgan fingerprint density at radius 3 is 2.43 bits per heavy atom. The van der Waals surface area contributed by atoms with Gasteiger partial charge in [0.15, 0.2) is 0 Å². The van der Waals surface area contributed by atoms with E-state index in [0.717, 1.165) is 22.4 Å². The van der Waals surface area contributed by atoms with Crippen LogP contribution in [0.25, 0.3) is 0 Å². The number of aliphatic hydroxyl groups is 1. The Balaban J connectivity index is 1.67. The second kappa shape index (κ2) is 9.74. The molecule has 0 bridgehead atoms. The van der Waals surface area contributed by atoms with Crippen LogP contribution >= 0.6 is 11.6 Å². The van der Waals surface area contributed by atoms with Gasteiger partial charge in [0, 0.05) is 11.1 Å². The average molecular weight is 396 g/mol. The molecule has 0 radical (unpaired) electrons. The van der Waals surface area contributed by atoms with E-state index in [1.165, 1.54) is 0 Å². The van der Waals surface area contributed by atoms with Crippen molar-refractivity contribution < 1.29 is 9.84 Å². The van der Waals surface area contributed by atoms with Gasteiger partial charge in [0.05, 0.1) is 6.10 Å². The van der Waals surface area contributed by atoms with E-state index in [0.29, 0.717) is 18.1 Å². The van der Waals surface area contributed by atoms with Crippen LogP contribution in [-0.4, -0.2) is 11.1 Å². The molecule has 3 aromatic rings. The first kappa shape index (κ1) is 20.4. The van der Waals surface area contributed by atoms with Crippen molar-refractivity contribution in [2.24, 2.45) is 11.7 Å². The molecule has 28 heavy (non-hydrogen) atoms. The molecule has 146 valence electrons. The molecule has 0 heterocycles. The van der Waals surface area contributed by atoms with Gasteiger partial charge in [-0.2, -0.15) is 0 Å². The summed E-state index contributed by atoms with van der Waals surface area (Å²) in [5, 5.41) is 11.3. The molecule has 4 heteroatoms. The van der Waals surface area contributed by atoms with Crippen LogP contribution in [0.15, 0.2) is 78.9 Å². The largest absolute Gasteiger partial charge is 0.489 e. The lowest BCUT2D eigenvalue weighted by molar-refractivity contribution is 0.121. The van der Waals surface area contributed by atoms with Crippen molar-refractivity contribution in [2.45, 2.75) is 32.1 Å². The maximum atomic E-state index is 10.7. The van der Waals surface area contributed by atoms with E-state index < -0.39 is 12.1 Å². The molecule has 0 amide bonds. The first-order chi connectivity index (χ1) is 13.5. The summed E-state index contributed by atoms with van der Waals surface area (Å²) in [4.78, 5) is 0. The van der Waals surface area contributed by atoms with Gasteiger partial charge in [-0.15, -0.1) is 0 Å². The highest BCUT2D eigenvalue weighted by atomic mass is 35.5. The molecule has 0 saturated heterocycles. The number of ether oxygens (including phenoxy) is 1. The van der Waals surface area contributed by atoms with E-state index in [-0.39, 0.29) is 5.92 Å². The minimum Gasteiger partial charge on any atom is -0.489 e. The molecule has 0 aliphatic rings. The molecule has 0 aliphatic heterocycles. The summed E-state index contributed by atoms with van der Waals surface area (Å²) in [6, 6.07) is 24.9. The molecule has 3 nitrogen and oxygen atoms in total. The number of hydrogen-bond acceptors (Lipinski definition) is 3. The van der Waals surface area contributed by atoms with Gasteiger partial charge in [0.1, 0.15) is 12.4 Å². The molecule has 3 rings (SSSR count). The van der Waals surface area contributed by atoms with Crippen molar-refractivity contribution in [3.63, 3.8) is 0 Å². The molecule has 3 N–H and O–H groups in total. The maximum absolute atomic E-state index is 10.7. The van der Waals surface area contributed by atoms with Gasteiger partial charge < -0.3 is 15.6 Å². The molecular weight excluding hydrogens is 370 g/mol. The second-order valence-corrected chi connectivity index (χ2v) is 7.58. The third-order valence-electron chi connectivity index (χ3n) is 4.96. The van der Waals surface area contributed by atoms with Crippen molar-refractivity contribution in [3.05, 3.63) is 101 Å². The Bertz CT molecular complexity index is 885. The van der Waals surface area contributed by atoms with Crippen molar-refractivity contribution in [1.82, 2.24) is 0 Å². The van der Waals surface area contributed by atoms with Crippen LogP contribution < -0.4 is 10.5 Å². The first-order valence-electron chi connectivity index (χ1n) is 9.48. The number of para-hydroxylation sites is 1. The molecule has 3 aromatic carbocycles. The predicted molar refractivity (Wildman–Crippen MR) is 114 cm³/mol. The fourth-order valence-electron chi connectivity index (χ4n) is 3.26. The Hall–Kier alpha value is -2.33. The smallest absolute Gasteiger partial charge is 0.123 e. The highest BCUT2D eigenvalue weighted by molar-refractivity contribution is 6.30. The van der Waals surface area contributed by atoms with Gasteiger partial charge in [-0.1, -0.05) is 79.2 Å². The Kier molecular flexibility index (Phi) is 7.10. The lowest BCUT2D eigenvalue weighted by Gasteiger charge is -2.26. The van der Waals surface area contributed by atoms with Crippen LogP contribution in [0.4, 0.5) is 0 Å². The zero-order chi connectivity index (χ0) is 19.9. The number of halogens is 1. The molecule has 0 spiro atoms. The van der Waals surface area contributed by atoms with Crippen molar-refractivity contribution >= 4 is 11.6 Å². The predicted octanol–water partition coefficient (Wildman–Crippen LogP) is 5.16. The first-order valence-corrected chi connectivity index (χ1v) is 9.86. The summed E-state index contributed by atoms with van der Waals surface area (Å²) in [5.74, 6) is 0.901. The Labute approximate surface area is 171 Å². The van der Waals surface area contributed by atoms with Gasteiger partial charge in [-0.05, 0) is 47.2 Å². The summed E-state index contributed by atoms with van der Waals surface area (Å²) < 4.78 is 6.04. The van der Waals surface area contributed by atoms with E-state index in [4.69, 9.17) is 22.1 Å². The van der Waals surface area contributed by atoms with Gasteiger partial charge in [-0.25, -0.2) is 0 Å². The quantitative estimate of drug-likeness (QED) is 0.554. The van der Waals surface area contributed by atoms with E-state index in [1.807, 2.05) is 67.6 Å². The highest BCUT2D eigenvalue weighted by Crippen LogP contribution is 2.28. The number of aliphatic hydroxyl groups excluding tert-OH is 1. The fourth-order valence-corrected chi connectivity index (χ4v) is 3.45. The molecule has 3 unspecified atom stereocenters. The van der Waals surface area contributed by atoms with Crippen LogP contribution in [0.5, 0.6) is 5.75 Å². The molecule has 0 saturated carbocycles. The third kappa shape index (κ3) is 5.35. The van der Waals surface area contributed by atoms with Crippen LogP contribution in [0.2, 0.25) is 5.02 Å². The molecule has 0 aliphatic carbocycles. The second-order valence-electron chi connectivity index (χ2n) is 7.14. The summed E-state index contributed by atoms with van der Waals surface area (Å²) >= 11 is 6.04. The SMILES string of the molecule is CC(Cc1ccccc1OCc1ccccc1)C(N)C(O)c1cccc(Cl)c1.